The fraction of sp³-hybridized carbons (Fsp3) is 0.625. The summed E-state index contributed by atoms with van der Waals surface area (Å²) < 4.78 is 51.7. The molecule has 0 radical (unpaired) electrons. The Kier molecular flexibility index (Phi) is 6.41. The minimum atomic E-state index is -3.45. The minimum absolute atomic E-state index is 0.0623. The summed E-state index contributed by atoms with van der Waals surface area (Å²) in [5, 5.41) is 0. The van der Waals surface area contributed by atoms with Crippen LogP contribution in [0.3, 0.4) is 0 Å². The summed E-state index contributed by atoms with van der Waals surface area (Å²) in [5.74, 6) is 0.0623. The van der Waals surface area contributed by atoms with Crippen LogP contribution in [0.1, 0.15) is 31.2 Å². The molecule has 0 aromatic heterocycles. The maximum absolute atomic E-state index is 12.5. The number of benzene rings is 1. The summed E-state index contributed by atoms with van der Waals surface area (Å²) in [7, 11) is -3.74. The molecule has 1 heterocycles. The van der Waals surface area contributed by atoms with Gasteiger partial charge in [0, 0.05) is 27.2 Å². The molecule has 0 atom stereocenters. The average Bonchev–Trinajstić information content (AvgIpc) is 2.83. The van der Waals surface area contributed by atoms with Crippen LogP contribution in [-0.2, 0) is 26.5 Å². The summed E-state index contributed by atoms with van der Waals surface area (Å²) in [6, 6.07) is 6.44. The van der Waals surface area contributed by atoms with Crippen molar-refractivity contribution < 1.29 is 16.8 Å². The summed E-state index contributed by atoms with van der Waals surface area (Å²) in [5.41, 5.74) is 0.825. The molecule has 1 aromatic rings. The minimum Gasteiger partial charge on any atom is -0.212 e. The van der Waals surface area contributed by atoms with Crippen LogP contribution >= 0.6 is 0 Å². The van der Waals surface area contributed by atoms with E-state index in [0.29, 0.717) is 19.5 Å². The highest BCUT2D eigenvalue weighted by atomic mass is 32.2. The van der Waals surface area contributed by atoms with Crippen LogP contribution in [0.15, 0.2) is 29.2 Å². The van der Waals surface area contributed by atoms with E-state index in [2.05, 4.69) is 0 Å². The van der Waals surface area contributed by atoms with Crippen LogP contribution in [-0.4, -0.2) is 58.4 Å². The van der Waals surface area contributed by atoms with Gasteiger partial charge in [0.05, 0.1) is 10.6 Å². The second kappa shape index (κ2) is 7.95. The van der Waals surface area contributed by atoms with Crippen LogP contribution in [0.2, 0.25) is 0 Å². The molecular weight excluding hydrogens is 348 g/mol. The molecule has 0 unspecified atom stereocenters. The fourth-order valence-electron chi connectivity index (χ4n) is 2.73. The van der Waals surface area contributed by atoms with Gasteiger partial charge < -0.3 is 0 Å². The molecule has 1 aliphatic rings. The predicted octanol–water partition coefficient (Wildman–Crippen LogP) is 1.69. The van der Waals surface area contributed by atoms with Crippen LogP contribution in [0, 0.1) is 0 Å². The van der Waals surface area contributed by atoms with E-state index < -0.39 is 20.0 Å². The maximum Gasteiger partial charge on any atom is 0.242 e. The molecule has 0 amide bonds. The van der Waals surface area contributed by atoms with Crippen molar-refractivity contribution in [2.45, 2.75) is 37.0 Å². The molecule has 1 saturated heterocycles. The molecule has 136 valence electrons. The number of hydrogen-bond acceptors (Lipinski definition) is 4. The van der Waals surface area contributed by atoms with Crippen molar-refractivity contribution in [3.63, 3.8) is 0 Å². The lowest BCUT2D eigenvalue weighted by Crippen LogP contribution is -2.34. The second-order valence-corrected chi connectivity index (χ2v) is 10.6. The first-order chi connectivity index (χ1) is 11.2. The van der Waals surface area contributed by atoms with E-state index >= 15 is 0 Å². The van der Waals surface area contributed by atoms with Crippen molar-refractivity contribution in [2.24, 2.45) is 0 Å². The first-order valence-electron chi connectivity index (χ1n) is 8.23. The van der Waals surface area contributed by atoms with Crippen molar-refractivity contribution in [2.75, 3.05) is 32.9 Å². The Morgan fingerprint density at radius 3 is 1.96 bits per heavy atom. The molecule has 1 fully saturated rings. The lowest BCUT2D eigenvalue weighted by Gasteiger charge is -2.19. The number of hydrogen-bond donors (Lipinski definition) is 0. The first-order valence-corrected chi connectivity index (χ1v) is 11.3. The van der Waals surface area contributed by atoms with Crippen molar-refractivity contribution in [1.82, 2.24) is 8.61 Å². The Bertz CT molecular complexity index is 733. The zero-order chi connectivity index (χ0) is 17.8. The number of nitrogens with zero attached hydrogens (tertiary/aromatic N) is 2. The molecular formula is C16H26N2O4S2. The van der Waals surface area contributed by atoms with Gasteiger partial charge in [-0.05, 0) is 37.0 Å². The van der Waals surface area contributed by atoms with E-state index in [0.717, 1.165) is 35.6 Å². The van der Waals surface area contributed by atoms with Crippen LogP contribution < -0.4 is 0 Å². The van der Waals surface area contributed by atoms with Gasteiger partial charge in [0.15, 0.2) is 0 Å². The Morgan fingerprint density at radius 1 is 0.917 bits per heavy atom. The van der Waals surface area contributed by atoms with Gasteiger partial charge in [-0.1, -0.05) is 25.0 Å². The summed E-state index contributed by atoms with van der Waals surface area (Å²) in [4.78, 5) is 0.214. The molecule has 8 heteroatoms. The highest BCUT2D eigenvalue weighted by molar-refractivity contribution is 7.89. The normalized spacial score (nSPS) is 17.8. The Labute approximate surface area is 145 Å². The smallest absolute Gasteiger partial charge is 0.212 e. The van der Waals surface area contributed by atoms with Crippen molar-refractivity contribution in [3.8, 4) is 0 Å². The van der Waals surface area contributed by atoms with E-state index in [1.807, 2.05) is 0 Å². The second-order valence-electron chi connectivity index (χ2n) is 6.31. The Balaban J connectivity index is 2.01. The molecule has 24 heavy (non-hydrogen) atoms. The van der Waals surface area contributed by atoms with E-state index in [1.54, 1.807) is 16.4 Å². The topological polar surface area (TPSA) is 74.8 Å². The van der Waals surface area contributed by atoms with Gasteiger partial charge in [0.25, 0.3) is 0 Å². The molecule has 0 spiro atoms. The number of rotatable bonds is 6. The van der Waals surface area contributed by atoms with E-state index in [4.69, 9.17) is 0 Å². The van der Waals surface area contributed by atoms with Gasteiger partial charge >= 0.3 is 0 Å². The molecule has 6 nitrogen and oxygen atoms in total. The molecule has 1 aromatic carbocycles. The molecule has 1 aliphatic heterocycles. The van der Waals surface area contributed by atoms with Gasteiger partial charge in [0.1, 0.15) is 0 Å². The Morgan fingerprint density at radius 2 is 1.46 bits per heavy atom. The summed E-state index contributed by atoms with van der Waals surface area (Å²) in [6.07, 6.45) is 4.43. The van der Waals surface area contributed by atoms with E-state index in [9.17, 15) is 16.8 Å². The monoisotopic (exact) mass is 374 g/mol. The quantitative estimate of drug-likeness (QED) is 0.759. The van der Waals surface area contributed by atoms with Crippen molar-refractivity contribution in [3.05, 3.63) is 29.8 Å². The fourth-order valence-corrected chi connectivity index (χ4v) is 5.20. The summed E-state index contributed by atoms with van der Waals surface area (Å²) >= 11 is 0. The molecule has 0 saturated carbocycles. The van der Waals surface area contributed by atoms with Gasteiger partial charge in [-0.25, -0.2) is 25.4 Å². The highest BCUT2D eigenvalue weighted by Gasteiger charge is 2.23. The van der Waals surface area contributed by atoms with E-state index in [-0.39, 0.29) is 10.6 Å². The van der Waals surface area contributed by atoms with Crippen LogP contribution in [0.4, 0.5) is 0 Å². The van der Waals surface area contributed by atoms with Crippen molar-refractivity contribution >= 4 is 20.0 Å². The lowest BCUT2D eigenvalue weighted by atomic mass is 10.2. The van der Waals surface area contributed by atoms with Crippen LogP contribution in [0.25, 0.3) is 0 Å². The van der Waals surface area contributed by atoms with Crippen LogP contribution in [0.5, 0.6) is 0 Å². The van der Waals surface area contributed by atoms with Gasteiger partial charge in [-0.15, -0.1) is 0 Å². The first kappa shape index (κ1) is 19.4. The number of aryl methyl sites for hydroxylation is 1. The number of sulfonamides is 2. The third-order valence-electron chi connectivity index (χ3n) is 4.31. The maximum atomic E-state index is 12.5. The SMILES string of the molecule is CN(C)S(=O)(=O)c1ccc(CCS(=O)(=O)N2CCCCCC2)cc1. The average molecular weight is 375 g/mol. The molecule has 2 rings (SSSR count). The van der Waals surface area contributed by atoms with Gasteiger partial charge in [-0.3, -0.25) is 0 Å². The van der Waals surface area contributed by atoms with E-state index in [1.165, 1.54) is 26.2 Å². The summed E-state index contributed by atoms with van der Waals surface area (Å²) in [6.45, 7) is 1.23. The lowest BCUT2D eigenvalue weighted by molar-refractivity contribution is 0.423. The van der Waals surface area contributed by atoms with Crippen molar-refractivity contribution in [1.29, 1.82) is 0 Å². The largest absolute Gasteiger partial charge is 0.242 e. The zero-order valence-corrected chi connectivity index (χ0v) is 15.9. The van der Waals surface area contributed by atoms with Gasteiger partial charge in [0.2, 0.25) is 20.0 Å². The van der Waals surface area contributed by atoms with Gasteiger partial charge in [-0.2, -0.15) is 0 Å². The Hall–Kier alpha value is -0.960. The highest BCUT2D eigenvalue weighted by Crippen LogP contribution is 2.17. The third-order valence-corrected chi connectivity index (χ3v) is 8.01. The predicted molar refractivity (Wildman–Crippen MR) is 94.8 cm³/mol. The molecule has 0 N–H and O–H groups in total. The third kappa shape index (κ3) is 4.78. The standard InChI is InChI=1S/C16H26N2O4S2/c1-17(2)24(21,22)16-9-7-15(8-10-16)11-14-23(19,20)18-12-5-3-4-6-13-18/h7-10H,3-6,11-14H2,1-2H3. The zero-order valence-electron chi connectivity index (χ0n) is 14.3. The molecule has 0 aliphatic carbocycles. The molecule has 0 bridgehead atoms.